The van der Waals surface area contributed by atoms with Crippen LogP contribution in [0.2, 0.25) is 0 Å². The summed E-state index contributed by atoms with van der Waals surface area (Å²) >= 11 is 0. The number of rotatable bonds is 14. The minimum absolute atomic E-state index is 0.151. The molecule has 154 valence electrons. The molecule has 0 heterocycles. The molecule has 0 bridgehead atoms. The Morgan fingerprint density at radius 2 is 1.58 bits per heavy atom. The van der Waals surface area contributed by atoms with Gasteiger partial charge in [0, 0.05) is 25.4 Å². The van der Waals surface area contributed by atoms with Gasteiger partial charge in [0.25, 0.3) is 0 Å². The average molecular weight is 370 g/mol. The lowest BCUT2D eigenvalue weighted by Crippen LogP contribution is -2.39. The number of hydrogen-bond donors (Lipinski definition) is 0. The normalized spacial score (nSPS) is 15.8. The quantitative estimate of drug-likeness (QED) is 0.390. The van der Waals surface area contributed by atoms with Crippen molar-refractivity contribution in [2.24, 2.45) is 23.7 Å². The van der Waals surface area contributed by atoms with E-state index in [1.54, 1.807) is 0 Å². The summed E-state index contributed by atoms with van der Waals surface area (Å²) in [5, 5.41) is 0. The smallest absolute Gasteiger partial charge is 0.305 e. The molecule has 0 spiro atoms. The Balaban J connectivity index is 4.81. The average Bonchev–Trinajstić information content (AvgIpc) is 2.63. The van der Waals surface area contributed by atoms with Crippen LogP contribution in [0.1, 0.15) is 86.5 Å². The molecule has 1 amide bonds. The van der Waals surface area contributed by atoms with Crippen molar-refractivity contribution in [1.82, 2.24) is 4.90 Å². The fraction of sp³-hybridized carbons (Fsp3) is 0.909. The molecule has 0 saturated carbocycles. The van der Waals surface area contributed by atoms with Crippen molar-refractivity contribution in [1.29, 1.82) is 0 Å². The van der Waals surface area contributed by atoms with Crippen molar-refractivity contribution < 1.29 is 14.3 Å². The first kappa shape index (κ1) is 24.9. The third-order valence-corrected chi connectivity index (χ3v) is 5.72. The molecule has 0 aliphatic carbocycles. The molecule has 0 aromatic carbocycles. The van der Waals surface area contributed by atoms with Gasteiger partial charge >= 0.3 is 5.97 Å². The minimum Gasteiger partial charge on any atom is -0.469 e. The van der Waals surface area contributed by atoms with Gasteiger partial charge < -0.3 is 9.64 Å². The van der Waals surface area contributed by atoms with Gasteiger partial charge in [0.2, 0.25) is 5.91 Å². The van der Waals surface area contributed by atoms with E-state index in [0.29, 0.717) is 24.2 Å². The van der Waals surface area contributed by atoms with Crippen LogP contribution < -0.4 is 0 Å². The predicted octanol–water partition coefficient (Wildman–Crippen LogP) is 5.30. The predicted molar refractivity (Wildman–Crippen MR) is 109 cm³/mol. The number of carbonyl (C=O) groups excluding carboxylic acids is 2. The summed E-state index contributed by atoms with van der Waals surface area (Å²) in [6, 6.07) is 0. The van der Waals surface area contributed by atoms with Crippen LogP contribution in [-0.4, -0.2) is 37.0 Å². The standard InChI is InChI=1S/C22H43NO3/c1-8-11-20(15-17(4)10-3)22(25)23(13-9-2)14-12-18(5)19(6)16-21(24)26-7/h17-20H,8-16H2,1-7H3. The van der Waals surface area contributed by atoms with E-state index in [9.17, 15) is 9.59 Å². The van der Waals surface area contributed by atoms with Crippen molar-refractivity contribution in [2.75, 3.05) is 20.2 Å². The van der Waals surface area contributed by atoms with Crippen molar-refractivity contribution in [3.8, 4) is 0 Å². The third-order valence-electron chi connectivity index (χ3n) is 5.72. The first-order valence-corrected chi connectivity index (χ1v) is 10.7. The molecule has 0 rings (SSSR count). The molecule has 0 N–H and O–H groups in total. The lowest BCUT2D eigenvalue weighted by atomic mass is 9.88. The van der Waals surface area contributed by atoms with Crippen molar-refractivity contribution in [2.45, 2.75) is 86.5 Å². The van der Waals surface area contributed by atoms with Gasteiger partial charge in [0.15, 0.2) is 0 Å². The van der Waals surface area contributed by atoms with E-state index >= 15 is 0 Å². The molecule has 0 radical (unpaired) electrons. The minimum atomic E-state index is -0.151. The summed E-state index contributed by atoms with van der Waals surface area (Å²) in [6.07, 6.45) is 6.54. The monoisotopic (exact) mass is 369 g/mol. The van der Waals surface area contributed by atoms with E-state index in [0.717, 1.165) is 51.6 Å². The molecule has 26 heavy (non-hydrogen) atoms. The lowest BCUT2D eigenvalue weighted by molar-refractivity contribution is -0.142. The maximum atomic E-state index is 13.1. The third kappa shape index (κ3) is 9.59. The number of carbonyl (C=O) groups is 2. The van der Waals surface area contributed by atoms with E-state index in [4.69, 9.17) is 4.74 Å². The summed E-state index contributed by atoms with van der Waals surface area (Å²) in [6.45, 7) is 14.6. The molecule has 0 fully saturated rings. The Hall–Kier alpha value is -1.06. The fourth-order valence-electron chi connectivity index (χ4n) is 3.39. The molecule has 4 atom stereocenters. The highest BCUT2D eigenvalue weighted by molar-refractivity contribution is 5.78. The molecular weight excluding hydrogens is 326 g/mol. The van der Waals surface area contributed by atoms with Crippen molar-refractivity contribution in [3.63, 3.8) is 0 Å². The van der Waals surface area contributed by atoms with E-state index in [1.807, 2.05) is 0 Å². The van der Waals surface area contributed by atoms with Gasteiger partial charge in [-0.2, -0.15) is 0 Å². The highest BCUT2D eigenvalue weighted by Crippen LogP contribution is 2.24. The Morgan fingerprint density at radius 1 is 0.923 bits per heavy atom. The molecule has 4 unspecified atom stereocenters. The highest BCUT2D eigenvalue weighted by Gasteiger charge is 2.25. The molecule has 4 heteroatoms. The SMILES string of the molecule is CCCC(CC(C)CC)C(=O)N(CCC)CCC(C)C(C)CC(=O)OC. The number of esters is 1. The second kappa shape index (κ2) is 14.1. The van der Waals surface area contributed by atoms with Crippen LogP contribution in [0.25, 0.3) is 0 Å². The molecule has 0 aromatic rings. The summed E-state index contributed by atoms with van der Waals surface area (Å²) in [5.74, 6) is 1.60. The molecular formula is C22H43NO3. The van der Waals surface area contributed by atoms with Gasteiger partial charge in [-0.15, -0.1) is 0 Å². The number of ether oxygens (including phenoxy) is 1. The second-order valence-corrected chi connectivity index (χ2v) is 8.08. The van der Waals surface area contributed by atoms with Gasteiger partial charge in [0.1, 0.15) is 0 Å². The van der Waals surface area contributed by atoms with Gasteiger partial charge in [-0.25, -0.2) is 0 Å². The summed E-state index contributed by atoms with van der Waals surface area (Å²) in [7, 11) is 1.44. The highest BCUT2D eigenvalue weighted by atomic mass is 16.5. The first-order chi connectivity index (χ1) is 12.3. The zero-order valence-electron chi connectivity index (χ0n) is 18.3. The van der Waals surface area contributed by atoms with Crippen LogP contribution in [-0.2, 0) is 14.3 Å². The van der Waals surface area contributed by atoms with Crippen molar-refractivity contribution >= 4 is 11.9 Å². The topological polar surface area (TPSA) is 46.6 Å². The molecule has 4 nitrogen and oxygen atoms in total. The maximum Gasteiger partial charge on any atom is 0.305 e. The van der Waals surface area contributed by atoms with E-state index < -0.39 is 0 Å². The van der Waals surface area contributed by atoms with Gasteiger partial charge in [0.05, 0.1) is 7.11 Å². The Kier molecular flexibility index (Phi) is 13.5. The molecule has 0 aromatic heterocycles. The number of methoxy groups -OCH3 is 1. The first-order valence-electron chi connectivity index (χ1n) is 10.7. The van der Waals surface area contributed by atoms with Crippen LogP contribution >= 0.6 is 0 Å². The van der Waals surface area contributed by atoms with Crippen LogP contribution in [0.5, 0.6) is 0 Å². The summed E-state index contributed by atoms with van der Waals surface area (Å²) < 4.78 is 4.78. The summed E-state index contributed by atoms with van der Waals surface area (Å²) in [5.41, 5.74) is 0. The Morgan fingerprint density at radius 3 is 2.08 bits per heavy atom. The summed E-state index contributed by atoms with van der Waals surface area (Å²) in [4.78, 5) is 26.7. The van der Waals surface area contributed by atoms with Crippen LogP contribution in [0.3, 0.4) is 0 Å². The molecule has 0 saturated heterocycles. The van der Waals surface area contributed by atoms with E-state index in [1.165, 1.54) is 7.11 Å². The molecule has 0 aliphatic heterocycles. The lowest BCUT2D eigenvalue weighted by Gasteiger charge is -2.30. The fourth-order valence-corrected chi connectivity index (χ4v) is 3.39. The number of hydrogen-bond acceptors (Lipinski definition) is 3. The second-order valence-electron chi connectivity index (χ2n) is 8.08. The zero-order chi connectivity index (χ0) is 20.1. The van der Waals surface area contributed by atoms with Gasteiger partial charge in [-0.3, -0.25) is 9.59 Å². The van der Waals surface area contributed by atoms with E-state index in [2.05, 4.69) is 46.4 Å². The van der Waals surface area contributed by atoms with E-state index in [-0.39, 0.29) is 17.8 Å². The zero-order valence-corrected chi connectivity index (χ0v) is 18.3. The van der Waals surface area contributed by atoms with Crippen molar-refractivity contribution in [3.05, 3.63) is 0 Å². The molecule has 0 aliphatic rings. The number of amides is 1. The van der Waals surface area contributed by atoms with Crippen LogP contribution in [0, 0.1) is 23.7 Å². The van der Waals surface area contributed by atoms with Gasteiger partial charge in [-0.05, 0) is 43.4 Å². The van der Waals surface area contributed by atoms with Crippen LogP contribution in [0.15, 0.2) is 0 Å². The van der Waals surface area contributed by atoms with Gasteiger partial charge in [-0.1, -0.05) is 54.4 Å². The largest absolute Gasteiger partial charge is 0.469 e. The Bertz CT molecular complexity index is 397. The maximum absolute atomic E-state index is 13.1. The number of nitrogens with zero attached hydrogens (tertiary/aromatic N) is 1. The van der Waals surface area contributed by atoms with Crippen LogP contribution in [0.4, 0.5) is 0 Å². The Labute approximate surface area is 162 Å².